The number of anilines is 2. The summed E-state index contributed by atoms with van der Waals surface area (Å²) in [5, 5.41) is 4.93. The van der Waals surface area contributed by atoms with Crippen molar-refractivity contribution in [1.29, 1.82) is 0 Å². The van der Waals surface area contributed by atoms with Crippen LogP contribution in [0.2, 0.25) is 0 Å². The second-order valence-corrected chi connectivity index (χ2v) is 14.0. The molecule has 0 atom stereocenters. The molecule has 0 amide bonds. The predicted octanol–water partition coefficient (Wildman–Crippen LogP) is 5.71. The van der Waals surface area contributed by atoms with Gasteiger partial charge in [-0.3, -0.25) is 4.90 Å². The van der Waals surface area contributed by atoms with Gasteiger partial charge in [-0.1, -0.05) is 18.2 Å². The van der Waals surface area contributed by atoms with Crippen LogP contribution < -0.4 is 10.6 Å². The molecule has 46 heavy (non-hydrogen) atoms. The summed E-state index contributed by atoms with van der Waals surface area (Å²) in [5.41, 5.74) is 9.22. The minimum atomic E-state index is -4.45. The van der Waals surface area contributed by atoms with Gasteiger partial charge in [-0.2, -0.15) is 13.2 Å². The number of nitrogens with zero attached hydrogens (tertiary/aromatic N) is 5. The van der Waals surface area contributed by atoms with Crippen molar-refractivity contribution in [3.63, 3.8) is 0 Å². The molecule has 0 bridgehead atoms. The Hall–Kier alpha value is -3.64. The zero-order valence-corrected chi connectivity index (χ0v) is 27.0. The van der Waals surface area contributed by atoms with Crippen molar-refractivity contribution in [1.82, 2.24) is 19.5 Å². The fraction of sp³-hybridized carbons (Fsp3) is 0.559. The van der Waals surface area contributed by atoms with Gasteiger partial charge in [0.2, 0.25) is 0 Å². The number of carbonyl (C=O) groups is 1. The Morgan fingerprint density at radius 3 is 2.59 bits per heavy atom. The number of hydrogen-bond acceptors (Lipinski definition) is 8. The topological polar surface area (TPSA) is 98.2 Å². The summed E-state index contributed by atoms with van der Waals surface area (Å²) in [5.74, 6) is 0.436. The van der Waals surface area contributed by atoms with Crippen molar-refractivity contribution in [3.05, 3.63) is 64.0 Å². The summed E-state index contributed by atoms with van der Waals surface area (Å²) in [7, 11) is 0. The smallest absolute Gasteiger partial charge is 0.416 e. The third kappa shape index (κ3) is 6.73. The van der Waals surface area contributed by atoms with Gasteiger partial charge in [-0.25, -0.2) is 14.3 Å². The zero-order valence-electron chi connectivity index (χ0n) is 27.0. The molecule has 4 heterocycles. The maximum absolute atomic E-state index is 13.8. The molecule has 2 N–H and O–H groups in total. The maximum atomic E-state index is 13.8. The second-order valence-electron chi connectivity index (χ2n) is 14.0. The Morgan fingerprint density at radius 1 is 1.15 bits per heavy atom. The molecule has 2 fully saturated rings. The van der Waals surface area contributed by atoms with Gasteiger partial charge >= 0.3 is 12.1 Å². The van der Waals surface area contributed by atoms with Gasteiger partial charge in [0.25, 0.3) is 0 Å². The normalized spacial score (nSPS) is 19.2. The first-order valence-electron chi connectivity index (χ1n) is 16.0. The highest BCUT2D eigenvalue weighted by molar-refractivity contribution is 5.89. The number of esters is 1. The summed E-state index contributed by atoms with van der Waals surface area (Å²) in [6, 6.07) is 6.12. The van der Waals surface area contributed by atoms with E-state index in [1.54, 1.807) is 10.6 Å². The molecule has 248 valence electrons. The highest BCUT2D eigenvalue weighted by Crippen LogP contribution is 2.44. The molecule has 6 rings (SSSR count). The summed E-state index contributed by atoms with van der Waals surface area (Å²) < 4.78 is 54.4. The fourth-order valence-electron chi connectivity index (χ4n) is 7.05. The van der Waals surface area contributed by atoms with Crippen molar-refractivity contribution in [2.45, 2.75) is 78.1 Å². The van der Waals surface area contributed by atoms with Crippen LogP contribution in [0.3, 0.4) is 0 Å². The molecule has 2 aliphatic heterocycles. The Bertz CT molecular complexity index is 1650. The van der Waals surface area contributed by atoms with Crippen LogP contribution in [-0.2, 0) is 33.4 Å². The summed E-state index contributed by atoms with van der Waals surface area (Å²) in [4.78, 5) is 22.3. The standard InChI is InChI=1S/C34H43F3N6O3/c1-22-23(9-7-10-25(22)34(35,36)37)16-28-27(39-30-26(38)17-29(40-43(28)30)42-12-14-45-15-13-42)19-41-20-33(21-41)11-6-5-8-24(18-33)31(44)46-32(2,3)4/h7-10,17H,5-6,11-16,18-21,38H2,1-4H3. The van der Waals surface area contributed by atoms with Gasteiger partial charge in [0.15, 0.2) is 11.5 Å². The molecule has 1 spiro atoms. The first kappa shape index (κ1) is 32.3. The summed E-state index contributed by atoms with van der Waals surface area (Å²) in [6.45, 7) is 11.7. The fourth-order valence-corrected chi connectivity index (χ4v) is 7.05. The number of carbonyl (C=O) groups excluding carboxylic acids is 1. The van der Waals surface area contributed by atoms with E-state index in [9.17, 15) is 18.0 Å². The largest absolute Gasteiger partial charge is 0.457 e. The van der Waals surface area contributed by atoms with Crippen molar-refractivity contribution < 1.29 is 27.4 Å². The van der Waals surface area contributed by atoms with Crippen LogP contribution >= 0.6 is 0 Å². The lowest BCUT2D eigenvalue weighted by Gasteiger charge is -2.50. The van der Waals surface area contributed by atoms with Crippen LogP contribution in [0.4, 0.5) is 24.7 Å². The third-order valence-electron chi connectivity index (χ3n) is 9.24. The molecular formula is C34H43F3N6O3. The molecule has 2 saturated heterocycles. The number of nitrogen functional groups attached to an aromatic ring is 1. The van der Waals surface area contributed by atoms with Crippen molar-refractivity contribution >= 4 is 23.1 Å². The van der Waals surface area contributed by atoms with E-state index in [0.29, 0.717) is 62.0 Å². The Labute approximate surface area is 267 Å². The Kier molecular flexibility index (Phi) is 8.56. The second kappa shape index (κ2) is 12.2. The zero-order chi connectivity index (χ0) is 32.9. The average molecular weight is 641 g/mol. The molecular weight excluding hydrogens is 597 g/mol. The van der Waals surface area contributed by atoms with E-state index in [2.05, 4.69) is 9.80 Å². The molecule has 3 aromatic rings. The minimum absolute atomic E-state index is 0.0308. The van der Waals surface area contributed by atoms with Crippen LogP contribution in [0, 0.1) is 12.3 Å². The third-order valence-corrected chi connectivity index (χ3v) is 9.24. The van der Waals surface area contributed by atoms with Gasteiger partial charge in [-0.05, 0) is 70.6 Å². The molecule has 0 saturated carbocycles. The lowest BCUT2D eigenvalue weighted by Crippen LogP contribution is -2.56. The number of halogens is 3. The number of benzene rings is 1. The van der Waals surface area contributed by atoms with Gasteiger partial charge in [-0.15, -0.1) is 5.10 Å². The first-order valence-corrected chi connectivity index (χ1v) is 16.0. The molecule has 0 unspecified atom stereocenters. The SMILES string of the molecule is Cc1c(Cc2c(CN3CC4(CCCC=C(C(=O)OC(C)(C)C)C4)C3)nc3c(N)cc(N4CCOCC4)nn23)cccc1C(F)(F)F. The van der Waals surface area contributed by atoms with Crippen LogP contribution in [0.15, 0.2) is 35.9 Å². The average Bonchev–Trinajstić information content (AvgIpc) is 3.14. The summed E-state index contributed by atoms with van der Waals surface area (Å²) >= 11 is 0. The number of alkyl halides is 3. The lowest BCUT2D eigenvalue weighted by molar-refractivity contribution is -0.150. The van der Waals surface area contributed by atoms with Crippen molar-refractivity contribution in [2.24, 2.45) is 5.41 Å². The number of ether oxygens (including phenoxy) is 2. The van der Waals surface area contributed by atoms with E-state index in [4.69, 9.17) is 25.3 Å². The highest BCUT2D eigenvalue weighted by Gasteiger charge is 2.45. The maximum Gasteiger partial charge on any atom is 0.416 e. The van der Waals surface area contributed by atoms with E-state index in [1.807, 2.05) is 32.9 Å². The number of hydrogen-bond donors (Lipinski definition) is 1. The van der Waals surface area contributed by atoms with Crippen molar-refractivity contribution in [3.8, 4) is 0 Å². The van der Waals surface area contributed by atoms with Gasteiger partial charge in [0.05, 0.1) is 35.9 Å². The van der Waals surface area contributed by atoms with E-state index in [0.717, 1.165) is 55.4 Å². The highest BCUT2D eigenvalue weighted by atomic mass is 19.4. The predicted molar refractivity (Wildman–Crippen MR) is 170 cm³/mol. The van der Waals surface area contributed by atoms with E-state index in [1.165, 1.54) is 13.0 Å². The Morgan fingerprint density at radius 2 is 1.89 bits per heavy atom. The quantitative estimate of drug-likeness (QED) is 0.343. The number of allylic oxidation sites excluding steroid dienone is 1. The van der Waals surface area contributed by atoms with Crippen LogP contribution in [-0.4, -0.2) is 70.5 Å². The van der Waals surface area contributed by atoms with E-state index in [-0.39, 0.29) is 23.4 Å². The van der Waals surface area contributed by atoms with Gasteiger partial charge < -0.3 is 20.1 Å². The molecule has 9 nitrogen and oxygen atoms in total. The van der Waals surface area contributed by atoms with Crippen molar-refractivity contribution in [2.75, 3.05) is 50.0 Å². The molecule has 3 aliphatic rings. The van der Waals surface area contributed by atoms with Gasteiger partial charge in [0.1, 0.15) is 5.60 Å². The van der Waals surface area contributed by atoms with Crippen LogP contribution in [0.1, 0.15) is 74.5 Å². The number of likely N-dealkylation sites (tertiary alicyclic amines) is 1. The molecule has 0 radical (unpaired) electrons. The van der Waals surface area contributed by atoms with E-state index >= 15 is 0 Å². The number of morpholine rings is 1. The number of imidazole rings is 1. The van der Waals surface area contributed by atoms with Crippen LogP contribution in [0.5, 0.6) is 0 Å². The Balaban J connectivity index is 1.30. The number of fused-ring (bicyclic) bond motifs is 1. The summed E-state index contributed by atoms with van der Waals surface area (Å²) in [6.07, 6.45) is 1.31. The molecule has 1 aliphatic carbocycles. The lowest BCUT2D eigenvalue weighted by atomic mass is 9.72. The van der Waals surface area contributed by atoms with Gasteiger partial charge in [0, 0.05) is 56.2 Å². The first-order chi connectivity index (χ1) is 21.7. The number of nitrogens with two attached hydrogens (primary N) is 1. The number of rotatable bonds is 6. The molecule has 2 aromatic heterocycles. The monoisotopic (exact) mass is 640 g/mol. The molecule has 12 heteroatoms. The van der Waals surface area contributed by atoms with Crippen LogP contribution in [0.25, 0.3) is 5.65 Å². The number of aromatic nitrogens is 3. The molecule has 1 aromatic carbocycles. The van der Waals surface area contributed by atoms with E-state index < -0.39 is 17.3 Å². The minimum Gasteiger partial charge on any atom is -0.457 e.